The molecule has 1 aliphatic heterocycles. The van der Waals surface area contributed by atoms with Crippen LogP contribution in [0.15, 0.2) is 18.2 Å². The number of ether oxygens (including phenoxy) is 2. The second-order valence-electron chi connectivity index (χ2n) is 5.13. The molecule has 2 N–H and O–H groups in total. The summed E-state index contributed by atoms with van der Waals surface area (Å²) in [7, 11) is 1.38. The highest BCUT2D eigenvalue weighted by molar-refractivity contribution is 5.55. The SMILES string of the molecule is COc1cc(C(C)(N2CCOCC2)C(F)(F)F)ccc1N. The van der Waals surface area contributed by atoms with Crippen LogP contribution in [0.1, 0.15) is 12.5 Å². The van der Waals surface area contributed by atoms with Gasteiger partial charge in [0, 0.05) is 13.1 Å². The Balaban J connectivity index is 2.49. The van der Waals surface area contributed by atoms with Crippen LogP contribution in [-0.4, -0.2) is 44.5 Å². The van der Waals surface area contributed by atoms with Crippen LogP contribution in [0, 0.1) is 0 Å². The van der Waals surface area contributed by atoms with Gasteiger partial charge < -0.3 is 15.2 Å². The van der Waals surface area contributed by atoms with E-state index in [0.29, 0.717) is 5.69 Å². The Labute approximate surface area is 121 Å². The number of methoxy groups -OCH3 is 1. The maximum absolute atomic E-state index is 13.8. The van der Waals surface area contributed by atoms with Crippen molar-refractivity contribution in [3.8, 4) is 5.75 Å². The van der Waals surface area contributed by atoms with Crippen molar-refractivity contribution in [2.24, 2.45) is 0 Å². The van der Waals surface area contributed by atoms with E-state index in [2.05, 4.69) is 0 Å². The summed E-state index contributed by atoms with van der Waals surface area (Å²) < 4.78 is 51.5. The molecule has 7 heteroatoms. The molecule has 1 aliphatic rings. The van der Waals surface area contributed by atoms with Gasteiger partial charge in [-0.2, -0.15) is 13.2 Å². The van der Waals surface area contributed by atoms with Gasteiger partial charge in [0.05, 0.1) is 26.0 Å². The van der Waals surface area contributed by atoms with Crippen LogP contribution in [-0.2, 0) is 10.3 Å². The minimum atomic E-state index is -4.43. The normalized spacial score (nSPS) is 20.0. The Bertz CT molecular complexity index is 501. The summed E-state index contributed by atoms with van der Waals surface area (Å²) in [5.41, 5.74) is 4.02. The molecule has 0 amide bonds. The Hall–Kier alpha value is -1.47. The Kier molecular flexibility index (Phi) is 4.34. The Morgan fingerprint density at radius 1 is 1.24 bits per heavy atom. The first kappa shape index (κ1) is 15.9. The number of halogens is 3. The highest BCUT2D eigenvalue weighted by atomic mass is 19.4. The number of hydrogen-bond acceptors (Lipinski definition) is 4. The highest BCUT2D eigenvalue weighted by Crippen LogP contribution is 2.45. The summed E-state index contributed by atoms with van der Waals surface area (Å²) >= 11 is 0. The molecule has 1 unspecified atom stereocenters. The maximum Gasteiger partial charge on any atom is 0.410 e. The summed E-state index contributed by atoms with van der Waals surface area (Å²) in [5.74, 6) is 0.247. The van der Waals surface area contributed by atoms with Crippen molar-refractivity contribution in [3.63, 3.8) is 0 Å². The van der Waals surface area contributed by atoms with Crippen LogP contribution in [0.25, 0.3) is 0 Å². The molecule has 0 saturated carbocycles. The summed E-state index contributed by atoms with van der Waals surface area (Å²) in [6, 6.07) is 4.21. The number of rotatable bonds is 3. The smallest absolute Gasteiger partial charge is 0.410 e. The minimum Gasteiger partial charge on any atom is -0.495 e. The fraction of sp³-hybridized carbons (Fsp3) is 0.571. The number of nitrogen functional groups attached to an aromatic ring is 1. The first-order valence-electron chi connectivity index (χ1n) is 6.64. The lowest BCUT2D eigenvalue weighted by atomic mass is 9.88. The number of nitrogens with zero attached hydrogens (tertiary/aromatic N) is 1. The summed E-state index contributed by atoms with van der Waals surface area (Å²) in [6.07, 6.45) is -4.43. The number of nitrogens with two attached hydrogens (primary N) is 1. The molecule has 1 aromatic rings. The summed E-state index contributed by atoms with van der Waals surface area (Å²) in [6.45, 7) is 2.21. The molecule has 1 saturated heterocycles. The monoisotopic (exact) mass is 304 g/mol. The lowest BCUT2D eigenvalue weighted by molar-refractivity contribution is -0.240. The van der Waals surface area contributed by atoms with Gasteiger partial charge in [-0.1, -0.05) is 6.07 Å². The fourth-order valence-corrected chi connectivity index (χ4v) is 2.55. The van der Waals surface area contributed by atoms with Gasteiger partial charge in [0.15, 0.2) is 0 Å². The molecule has 0 aliphatic carbocycles. The van der Waals surface area contributed by atoms with E-state index in [1.54, 1.807) is 0 Å². The zero-order valence-corrected chi connectivity index (χ0v) is 12.0. The second-order valence-corrected chi connectivity index (χ2v) is 5.13. The van der Waals surface area contributed by atoms with Crippen molar-refractivity contribution in [1.29, 1.82) is 0 Å². The molecule has 21 heavy (non-hydrogen) atoms. The third kappa shape index (κ3) is 2.80. The van der Waals surface area contributed by atoms with Crippen LogP contribution in [0.3, 0.4) is 0 Å². The molecule has 1 atom stereocenters. The molecular weight excluding hydrogens is 285 g/mol. The van der Waals surface area contributed by atoms with Gasteiger partial charge in [0.2, 0.25) is 0 Å². The summed E-state index contributed by atoms with van der Waals surface area (Å²) in [5, 5.41) is 0. The topological polar surface area (TPSA) is 47.7 Å². The van der Waals surface area contributed by atoms with Gasteiger partial charge >= 0.3 is 6.18 Å². The largest absolute Gasteiger partial charge is 0.495 e. The van der Waals surface area contributed by atoms with Gasteiger partial charge in [-0.15, -0.1) is 0 Å². The van der Waals surface area contributed by atoms with Gasteiger partial charge in [-0.3, -0.25) is 4.90 Å². The number of hydrogen-bond donors (Lipinski definition) is 1. The molecule has 0 radical (unpaired) electrons. The number of alkyl halides is 3. The molecule has 1 fully saturated rings. The molecular formula is C14H19F3N2O2. The van der Waals surface area contributed by atoms with E-state index in [1.165, 1.54) is 37.1 Å². The molecule has 0 bridgehead atoms. The van der Waals surface area contributed by atoms with Crippen LogP contribution >= 0.6 is 0 Å². The molecule has 2 rings (SSSR count). The standard InChI is InChI=1S/C14H19F3N2O2/c1-13(14(15,16)17,19-5-7-21-8-6-19)10-3-4-11(18)12(9-10)20-2/h3-4,9H,5-8,18H2,1-2H3. The molecule has 1 aromatic carbocycles. The Morgan fingerprint density at radius 3 is 2.38 bits per heavy atom. The lowest BCUT2D eigenvalue weighted by Gasteiger charge is -2.44. The zero-order chi connectivity index (χ0) is 15.7. The number of morpholine rings is 1. The second kappa shape index (κ2) is 5.73. The third-order valence-corrected chi connectivity index (χ3v) is 3.99. The Morgan fingerprint density at radius 2 is 1.86 bits per heavy atom. The van der Waals surface area contributed by atoms with Gasteiger partial charge in [-0.25, -0.2) is 0 Å². The first-order chi connectivity index (χ1) is 9.80. The molecule has 1 heterocycles. The summed E-state index contributed by atoms with van der Waals surface area (Å²) in [4.78, 5) is 1.39. The first-order valence-corrected chi connectivity index (χ1v) is 6.64. The van der Waals surface area contributed by atoms with Gasteiger partial charge in [0.25, 0.3) is 0 Å². The zero-order valence-electron chi connectivity index (χ0n) is 12.0. The maximum atomic E-state index is 13.8. The highest BCUT2D eigenvalue weighted by Gasteiger charge is 2.56. The number of anilines is 1. The molecule has 0 spiro atoms. The van der Waals surface area contributed by atoms with E-state index in [9.17, 15) is 13.2 Å². The van der Waals surface area contributed by atoms with E-state index >= 15 is 0 Å². The average Bonchev–Trinajstić information content (AvgIpc) is 2.46. The van der Waals surface area contributed by atoms with Gasteiger partial charge in [0.1, 0.15) is 11.3 Å². The van der Waals surface area contributed by atoms with Crippen molar-refractivity contribution < 1.29 is 22.6 Å². The van der Waals surface area contributed by atoms with Crippen molar-refractivity contribution in [2.45, 2.75) is 18.6 Å². The lowest BCUT2D eigenvalue weighted by Crippen LogP contribution is -2.57. The van der Waals surface area contributed by atoms with Crippen LogP contribution in [0.5, 0.6) is 5.75 Å². The average molecular weight is 304 g/mol. The van der Waals surface area contributed by atoms with Crippen LogP contribution < -0.4 is 10.5 Å². The molecule has 118 valence electrons. The predicted molar refractivity (Wildman–Crippen MR) is 73.2 cm³/mol. The third-order valence-electron chi connectivity index (χ3n) is 3.99. The van der Waals surface area contributed by atoms with E-state index in [0.717, 1.165) is 0 Å². The van der Waals surface area contributed by atoms with E-state index in [1.807, 2.05) is 0 Å². The predicted octanol–water partition coefficient (Wildman–Crippen LogP) is 2.39. The van der Waals surface area contributed by atoms with Crippen molar-refractivity contribution in [1.82, 2.24) is 4.90 Å². The quantitative estimate of drug-likeness (QED) is 0.871. The van der Waals surface area contributed by atoms with Crippen molar-refractivity contribution in [3.05, 3.63) is 23.8 Å². The van der Waals surface area contributed by atoms with Crippen molar-refractivity contribution >= 4 is 5.69 Å². The molecule has 0 aromatic heterocycles. The van der Waals surface area contributed by atoms with E-state index < -0.39 is 11.7 Å². The minimum absolute atomic E-state index is 0.114. The van der Waals surface area contributed by atoms with Crippen LogP contribution in [0.4, 0.5) is 18.9 Å². The number of benzene rings is 1. The van der Waals surface area contributed by atoms with Crippen molar-refractivity contribution in [2.75, 3.05) is 39.1 Å². The molecule has 4 nitrogen and oxygen atoms in total. The van der Waals surface area contributed by atoms with E-state index in [4.69, 9.17) is 15.2 Å². The fourth-order valence-electron chi connectivity index (χ4n) is 2.55. The van der Waals surface area contributed by atoms with Crippen LogP contribution in [0.2, 0.25) is 0 Å². The van der Waals surface area contributed by atoms with E-state index in [-0.39, 0.29) is 37.6 Å². The van der Waals surface area contributed by atoms with Gasteiger partial charge in [-0.05, 0) is 24.6 Å².